The predicted octanol–water partition coefficient (Wildman–Crippen LogP) is 5.77. The van der Waals surface area contributed by atoms with E-state index in [-0.39, 0.29) is 0 Å². The van der Waals surface area contributed by atoms with Gasteiger partial charge in [-0.3, -0.25) is 0 Å². The third-order valence-corrected chi connectivity index (χ3v) is 4.52. The molecule has 2 aromatic carbocycles. The molecule has 1 aromatic heterocycles. The quantitative estimate of drug-likeness (QED) is 0.583. The Labute approximate surface area is 140 Å². The van der Waals surface area contributed by atoms with Gasteiger partial charge in [0, 0.05) is 11.3 Å². The molecule has 0 aliphatic heterocycles. The average molecular weight is 331 g/mol. The van der Waals surface area contributed by atoms with E-state index in [1.54, 1.807) is 0 Å². The summed E-state index contributed by atoms with van der Waals surface area (Å²) in [5.41, 5.74) is 6.46. The SMILES string of the molecule is Cc1ccc(-n2nc(C)c(-c3ccc(Cl)c(Cl)c3)c2C)cc1. The van der Waals surface area contributed by atoms with Crippen molar-refractivity contribution < 1.29 is 0 Å². The number of aromatic nitrogens is 2. The van der Waals surface area contributed by atoms with E-state index in [9.17, 15) is 0 Å². The summed E-state index contributed by atoms with van der Waals surface area (Å²) >= 11 is 12.2. The minimum atomic E-state index is 0.557. The Morgan fingerprint density at radius 3 is 2.18 bits per heavy atom. The molecule has 0 spiro atoms. The monoisotopic (exact) mass is 330 g/mol. The highest BCUT2D eigenvalue weighted by atomic mass is 35.5. The minimum Gasteiger partial charge on any atom is -0.237 e. The van der Waals surface area contributed by atoms with Crippen LogP contribution in [0.5, 0.6) is 0 Å². The summed E-state index contributed by atoms with van der Waals surface area (Å²) in [6, 6.07) is 14.0. The molecule has 3 aromatic rings. The summed E-state index contributed by atoms with van der Waals surface area (Å²) in [5.74, 6) is 0. The Morgan fingerprint density at radius 1 is 0.864 bits per heavy atom. The van der Waals surface area contributed by atoms with Crippen LogP contribution >= 0.6 is 23.2 Å². The number of aryl methyl sites for hydroxylation is 2. The summed E-state index contributed by atoms with van der Waals surface area (Å²) in [7, 11) is 0. The number of hydrogen-bond acceptors (Lipinski definition) is 1. The molecule has 112 valence electrons. The molecule has 0 amide bonds. The normalized spacial score (nSPS) is 11.0. The van der Waals surface area contributed by atoms with Crippen molar-refractivity contribution in [1.82, 2.24) is 9.78 Å². The van der Waals surface area contributed by atoms with Gasteiger partial charge in [0.1, 0.15) is 0 Å². The van der Waals surface area contributed by atoms with Crippen LogP contribution in [0.15, 0.2) is 42.5 Å². The highest BCUT2D eigenvalue weighted by molar-refractivity contribution is 6.42. The van der Waals surface area contributed by atoms with Gasteiger partial charge in [-0.15, -0.1) is 0 Å². The Balaban J connectivity index is 2.14. The highest BCUT2D eigenvalue weighted by Gasteiger charge is 2.15. The van der Waals surface area contributed by atoms with Crippen LogP contribution in [0.1, 0.15) is 17.0 Å². The summed E-state index contributed by atoms with van der Waals surface area (Å²) in [4.78, 5) is 0. The maximum Gasteiger partial charge on any atom is 0.0679 e. The van der Waals surface area contributed by atoms with Gasteiger partial charge in [0.05, 0.1) is 21.4 Å². The first-order chi connectivity index (χ1) is 10.5. The van der Waals surface area contributed by atoms with E-state index in [0.717, 1.165) is 28.2 Å². The molecule has 0 saturated heterocycles. The second kappa shape index (κ2) is 5.79. The van der Waals surface area contributed by atoms with Gasteiger partial charge in [-0.25, -0.2) is 4.68 Å². The maximum atomic E-state index is 6.15. The lowest BCUT2D eigenvalue weighted by Crippen LogP contribution is -1.98. The summed E-state index contributed by atoms with van der Waals surface area (Å²) in [6.45, 7) is 6.15. The summed E-state index contributed by atoms with van der Waals surface area (Å²) in [5, 5.41) is 5.80. The van der Waals surface area contributed by atoms with Gasteiger partial charge in [0.25, 0.3) is 0 Å². The van der Waals surface area contributed by atoms with Crippen LogP contribution in [-0.4, -0.2) is 9.78 Å². The highest BCUT2D eigenvalue weighted by Crippen LogP contribution is 2.33. The molecule has 0 aliphatic rings. The largest absolute Gasteiger partial charge is 0.237 e. The molecule has 4 heteroatoms. The van der Waals surface area contributed by atoms with E-state index in [2.05, 4.69) is 43.2 Å². The lowest BCUT2D eigenvalue weighted by atomic mass is 10.0. The molecular weight excluding hydrogens is 315 g/mol. The third-order valence-electron chi connectivity index (χ3n) is 3.78. The first-order valence-electron chi connectivity index (χ1n) is 7.06. The number of nitrogens with zero attached hydrogens (tertiary/aromatic N) is 2. The van der Waals surface area contributed by atoms with Crippen LogP contribution in [-0.2, 0) is 0 Å². The standard InChI is InChI=1S/C18H16Cl2N2/c1-11-4-7-15(8-5-11)22-13(3)18(12(2)21-22)14-6-9-16(19)17(20)10-14/h4-10H,1-3H3. The van der Waals surface area contributed by atoms with Gasteiger partial charge in [-0.1, -0.05) is 47.0 Å². The fraction of sp³-hybridized carbons (Fsp3) is 0.167. The Hall–Kier alpha value is -1.77. The Morgan fingerprint density at radius 2 is 1.55 bits per heavy atom. The zero-order valence-electron chi connectivity index (χ0n) is 12.7. The zero-order chi connectivity index (χ0) is 15.9. The maximum absolute atomic E-state index is 6.15. The second-order valence-corrected chi connectivity index (χ2v) is 6.24. The van der Waals surface area contributed by atoms with Crippen LogP contribution in [0.2, 0.25) is 10.0 Å². The molecule has 22 heavy (non-hydrogen) atoms. The van der Waals surface area contributed by atoms with Crippen LogP contribution in [0.4, 0.5) is 0 Å². The molecule has 0 fully saturated rings. The molecular formula is C18H16Cl2N2. The van der Waals surface area contributed by atoms with Crippen molar-refractivity contribution in [3.63, 3.8) is 0 Å². The van der Waals surface area contributed by atoms with Crippen molar-refractivity contribution >= 4 is 23.2 Å². The van der Waals surface area contributed by atoms with E-state index in [1.807, 2.05) is 29.8 Å². The lowest BCUT2D eigenvalue weighted by molar-refractivity contribution is 0.833. The summed E-state index contributed by atoms with van der Waals surface area (Å²) in [6.07, 6.45) is 0. The lowest BCUT2D eigenvalue weighted by Gasteiger charge is -2.07. The van der Waals surface area contributed by atoms with Crippen molar-refractivity contribution in [2.45, 2.75) is 20.8 Å². The summed E-state index contributed by atoms with van der Waals surface area (Å²) < 4.78 is 1.96. The van der Waals surface area contributed by atoms with Gasteiger partial charge < -0.3 is 0 Å². The Kier molecular flexibility index (Phi) is 3.98. The topological polar surface area (TPSA) is 17.8 Å². The zero-order valence-corrected chi connectivity index (χ0v) is 14.2. The smallest absolute Gasteiger partial charge is 0.0679 e. The fourth-order valence-corrected chi connectivity index (χ4v) is 2.95. The number of hydrogen-bond donors (Lipinski definition) is 0. The fourth-order valence-electron chi connectivity index (χ4n) is 2.65. The van der Waals surface area contributed by atoms with Gasteiger partial charge in [-0.2, -0.15) is 5.10 Å². The minimum absolute atomic E-state index is 0.557. The average Bonchev–Trinajstić information content (AvgIpc) is 2.78. The number of rotatable bonds is 2. The molecule has 0 bridgehead atoms. The molecule has 2 nitrogen and oxygen atoms in total. The van der Waals surface area contributed by atoms with Crippen molar-refractivity contribution in [2.75, 3.05) is 0 Å². The van der Waals surface area contributed by atoms with Crippen LogP contribution in [0.25, 0.3) is 16.8 Å². The molecule has 0 N–H and O–H groups in total. The van der Waals surface area contributed by atoms with Gasteiger partial charge in [0.15, 0.2) is 0 Å². The molecule has 0 unspecified atom stereocenters. The molecule has 0 saturated carbocycles. The van der Waals surface area contributed by atoms with Gasteiger partial charge in [-0.05, 0) is 50.6 Å². The molecule has 0 radical (unpaired) electrons. The van der Waals surface area contributed by atoms with E-state index in [1.165, 1.54) is 5.56 Å². The predicted molar refractivity (Wildman–Crippen MR) is 93.2 cm³/mol. The number of halogens is 2. The van der Waals surface area contributed by atoms with Crippen molar-refractivity contribution in [3.05, 3.63) is 69.5 Å². The van der Waals surface area contributed by atoms with Crippen LogP contribution in [0, 0.1) is 20.8 Å². The van der Waals surface area contributed by atoms with Crippen molar-refractivity contribution in [1.29, 1.82) is 0 Å². The van der Waals surface area contributed by atoms with Gasteiger partial charge in [0.2, 0.25) is 0 Å². The van der Waals surface area contributed by atoms with Crippen LogP contribution < -0.4 is 0 Å². The molecule has 0 aliphatic carbocycles. The van der Waals surface area contributed by atoms with Crippen molar-refractivity contribution in [2.24, 2.45) is 0 Å². The second-order valence-electron chi connectivity index (χ2n) is 5.42. The molecule has 1 heterocycles. The van der Waals surface area contributed by atoms with E-state index >= 15 is 0 Å². The van der Waals surface area contributed by atoms with E-state index in [0.29, 0.717) is 10.0 Å². The first kappa shape index (κ1) is 15.1. The van der Waals surface area contributed by atoms with E-state index in [4.69, 9.17) is 23.2 Å². The Bertz CT molecular complexity index is 833. The van der Waals surface area contributed by atoms with E-state index < -0.39 is 0 Å². The molecule has 0 atom stereocenters. The van der Waals surface area contributed by atoms with Crippen molar-refractivity contribution in [3.8, 4) is 16.8 Å². The first-order valence-corrected chi connectivity index (χ1v) is 7.81. The van der Waals surface area contributed by atoms with Gasteiger partial charge >= 0.3 is 0 Å². The molecule has 3 rings (SSSR count). The third kappa shape index (κ3) is 2.65. The number of benzene rings is 2. The van der Waals surface area contributed by atoms with Crippen LogP contribution in [0.3, 0.4) is 0 Å².